The van der Waals surface area contributed by atoms with Gasteiger partial charge in [0, 0.05) is 21.7 Å². The molecule has 2 aromatic carbocycles. The van der Waals surface area contributed by atoms with Crippen LogP contribution in [-0.4, -0.2) is 0 Å². The van der Waals surface area contributed by atoms with Crippen molar-refractivity contribution in [2.45, 2.75) is 6.61 Å². The Hall–Kier alpha value is -1.76. The zero-order valence-electron chi connectivity index (χ0n) is 9.66. The van der Waals surface area contributed by atoms with Crippen molar-refractivity contribution in [1.29, 1.82) is 5.26 Å². The van der Waals surface area contributed by atoms with Crippen molar-refractivity contribution in [3.63, 3.8) is 0 Å². The van der Waals surface area contributed by atoms with Crippen LogP contribution in [0.3, 0.4) is 0 Å². The SMILES string of the molecule is N#Cc1ccc(Cl)cc1OCc1cc(F)ccc1Cl. The predicted octanol–water partition coefficient (Wildman–Crippen LogP) is 4.58. The topological polar surface area (TPSA) is 33.0 Å². The van der Waals surface area contributed by atoms with Gasteiger partial charge in [-0.25, -0.2) is 4.39 Å². The quantitative estimate of drug-likeness (QED) is 0.830. The number of hydrogen-bond donors (Lipinski definition) is 0. The van der Waals surface area contributed by atoms with E-state index in [2.05, 4.69) is 0 Å². The van der Waals surface area contributed by atoms with E-state index >= 15 is 0 Å². The van der Waals surface area contributed by atoms with Crippen molar-refractivity contribution in [1.82, 2.24) is 0 Å². The van der Waals surface area contributed by atoms with Gasteiger partial charge in [-0.3, -0.25) is 0 Å². The molecule has 0 heterocycles. The molecule has 96 valence electrons. The highest BCUT2D eigenvalue weighted by molar-refractivity contribution is 6.31. The van der Waals surface area contributed by atoms with E-state index in [1.54, 1.807) is 12.1 Å². The van der Waals surface area contributed by atoms with Crippen LogP contribution in [-0.2, 0) is 6.61 Å². The van der Waals surface area contributed by atoms with Gasteiger partial charge in [0.25, 0.3) is 0 Å². The Balaban J connectivity index is 2.21. The van der Waals surface area contributed by atoms with E-state index in [4.69, 9.17) is 33.2 Å². The zero-order valence-corrected chi connectivity index (χ0v) is 11.2. The van der Waals surface area contributed by atoms with Gasteiger partial charge in [-0.1, -0.05) is 23.2 Å². The lowest BCUT2D eigenvalue weighted by Crippen LogP contribution is -1.98. The first-order valence-electron chi connectivity index (χ1n) is 5.36. The Morgan fingerprint density at radius 2 is 1.95 bits per heavy atom. The van der Waals surface area contributed by atoms with Crippen LogP contribution in [0.4, 0.5) is 4.39 Å². The van der Waals surface area contributed by atoms with Crippen molar-refractivity contribution in [3.05, 3.63) is 63.4 Å². The molecule has 0 spiro atoms. The zero-order chi connectivity index (χ0) is 13.8. The minimum Gasteiger partial charge on any atom is -0.487 e. The summed E-state index contributed by atoms with van der Waals surface area (Å²) in [6.07, 6.45) is 0. The Kier molecular flexibility index (Phi) is 4.26. The van der Waals surface area contributed by atoms with Crippen LogP contribution in [0.2, 0.25) is 10.0 Å². The standard InChI is InChI=1S/C14H8Cl2FNO/c15-11-2-1-9(7-18)14(6-11)19-8-10-5-12(17)3-4-13(10)16/h1-6H,8H2. The van der Waals surface area contributed by atoms with Gasteiger partial charge in [0.1, 0.15) is 24.2 Å². The van der Waals surface area contributed by atoms with Crippen LogP contribution < -0.4 is 4.74 Å². The Morgan fingerprint density at radius 3 is 2.68 bits per heavy atom. The van der Waals surface area contributed by atoms with Gasteiger partial charge in [-0.15, -0.1) is 0 Å². The average Bonchev–Trinajstić information content (AvgIpc) is 2.40. The minimum atomic E-state index is -0.394. The lowest BCUT2D eigenvalue weighted by atomic mass is 10.2. The second-order valence-corrected chi connectivity index (χ2v) is 4.62. The molecule has 0 aromatic heterocycles. The van der Waals surface area contributed by atoms with Crippen molar-refractivity contribution in [3.8, 4) is 11.8 Å². The summed E-state index contributed by atoms with van der Waals surface area (Å²) in [5.74, 6) is -0.0510. The van der Waals surface area contributed by atoms with Crippen LogP contribution in [0.25, 0.3) is 0 Å². The van der Waals surface area contributed by atoms with Gasteiger partial charge in [0.2, 0.25) is 0 Å². The number of halogens is 3. The first kappa shape index (κ1) is 13.7. The molecule has 2 aromatic rings. The van der Waals surface area contributed by atoms with E-state index in [1.807, 2.05) is 6.07 Å². The van der Waals surface area contributed by atoms with Gasteiger partial charge in [-0.05, 0) is 30.3 Å². The average molecular weight is 296 g/mol. The second-order valence-electron chi connectivity index (χ2n) is 3.78. The number of nitrogens with zero attached hydrogens (tertiary/aromatic N) is 1. The fourth-order valence-corrected chi connectivity index (χ4v) is 1.85. The van der Waals surface area contributed by atoms with E-state index in [0.29, 0.717) is 26.9 Å². The highest BCUT2D eigenvalue weighted by Crippen LogP contribution is 2.25. The summed E-state index contributed by atoms with van der Waals surface area (Å²) in [6, 6.07) is 10.7. The molecule has 0 aliphatic heterocycles. The van der Waals surface area contributed by atoms with E-state index in [-0.39, 0.29) is 6.61 Å². The monoisotopic (exact) mass is 295 g/mol. The highest BCUT2D eigenvalue weighted by Gasteiger charge is 2.07. The van der Waals surface area contributed by atoms with Crippen molar-refractivity contribution in [2.75, 3.05) is 0 Å². The molecule has 0 amide bonds. The summed E-state index contributed by atoms with van der Waals surface area (Å²) in [5, 5.41) is 9.81. The molecule has 0 unspecified atom stereocenters. The number of ether oxygens (including phenoxy) is 1. The Labute approximate surface area is 119 Å². The summed E-state index contributed by atoms with van der Waals surface area (Å²) < 4.78 is 18.6. The van der Waals surface area contributed by atoms with E-state index in [0.717, 1.165) is 0 Å². The normalized spacial score (nSPS) is 10.0. The number of nitriles is 1. The molecule has 0 saturated heterocycles. The van der Waals surface area contributed by atoms with Gasteiger partial charge >= 0.3 is 0 Å². The molecule has 2 nitrogen and oxygen atoms in total. The molecule has 0 bridgehead atoms. The third kappa shape index (κ3) is 3.37. The summed E-state index contributed by atoms with van der Waals surface area (Å²) in [5.41, 5.74) is 0.863. The summed E-state index contributed by atoms with van der Waals surface area (Å²) in [4.78, 5) is 0. The van der Waals surface area contributed by atoms with Crippen molar-refractivity contribution >= 4 is 23.2 Å². The molecular formula is C14H8Cl2FNO. The predicted molar refractivity (Wildman–Crippen MR) is 71.9 cm³/mol. The number of hydrogen-bond acceptors (Lipinski definition) is 2. The molecule has 0 saturated carbocycles. The van der Waals surface area contributed by atoms with Crippen molar-refractivity contribution < 1.29 is 9.13 Å². The molecular weight excluding hydrogens is 288 g/mol. The third-order valence-corrected chi connectivity index (χ3v) is 3.06. The molecule has 0 radical (unpaired) electrons. The van der Waals surface area contributed by atoms with Crippen LogP contribution in [0, 0.1) is 17.1 Å². The molecule has 0 N–H and O–H groups in total. The maximum Gasteiger partial charge on any atom is 0.139 e. The Morgan fingerprint density at radius 1 is 1.16 bits per heavy atom. The smallest absolute Gasteiger partial charge is 0.139 e. The molecule has 0 aliphatic carbocycles. The fourth-order valence-electron chi connectivity index (χ4n) is 1.52. The lowest BCUT2D eigenvalue weighted by molar-refractivity contribution is 0.305. The van der Waals surface area contributed by atoms with Crippen LogP contribution >= 0.6 is 23.2 Å². The molecule has 0 atom stereocenters. The van der Waals surface area contributed by atoms with Crippen molar-refractivity contribution in [2.24, 2.45) is 0 Å². The van der Waals surface area contributed by atoms with Gasteiger partial charge in [0.05, 0.1) is 5.56 Å². The van der Waals surface area contributed by atoms with Gasteiger partial charge in [-0.2, -0.15) is 5.26 Å². The molecule has 5 heteroatoms. The maximum absolute atomic E-state index is 13.1. The maximum atomic E-state index is 13.1. The first-order chi connectivity index (χ1) is 9.10. The third-order valence-electron chi connectivity index (χ3n) is 2.46. The second kappa shape index (κ2) is 5.92. The first-order valence-corrected chi connectivity index (χ1v) is 6.12. The molecule has 0 aliphatic rings. The molecule has 2 rings (SSSR count). The minimum absolute atomic E-state index is 0.0611. The summed E-state index contributed by atoms with van der Waals surface area (Å²) in [7, 11) is 0. The Bertz CT molecular complexity index is 652. The van der Waals surface area contributed by atoms with E-state index in [9.17, 15) is 4.39 Å². The van der Waals surface area contributed by atoms with Gasteiger partial charge < -0.3 is 4.74 Å². The fraction of sp³-hybridized carbons (Fsp3) is 0.0714. The summed E-state index contributed by atoms with van der Waals surface area (Å²) in [6.45, 7) is 0.0611. The number of rotatable bonds is 3. The van der Waals surface area contributed by atoms with Gasteiger partial charge in [0.15, 0.2) is 0 Å². The largest absolute Gasteiger partial charge is 0.487 e. The summed E-state index contributed by atoms with van der Waals surface area (Å²) >= 11 is 11.8. The molecule has 0 fully saturated rings. The van der Waals surface area contributed by atoms with Crippen LogP contribution in [0.1, 0.15) is 11.1 Å². The number of benzene rings is 2. The molecule has 19 heavy (non-hydrogen) atoms. The van der Waals surface area contributed by atoms with Crippen LogP contribution in [0.15, 0.2) is 36.4 Å². The van der Waals surface area contributed by atoms with Crippen LogP contribution in [0.5, 0.6) is 5.75 Å². The lowest BCUT2D eigenvalue weighted by Gasteiger charge is -2.09. The van der Waals surface area contributed by atoms with E-state index < -0.39 is 5.82 Å². The highest BCUT2D eigenvalue weighted by atomic mass is 35.5. The van der Waals surface area contributed by atoms with E-state index in [1.165, 1.54) is 24.3 Å².